The topological polar surface area (TPSA) is 61.8 Å². The van der Waals surface area contributed by atoms with Gasteiger partial charge in [-0.3, -0.25) is 0 Å². The number of hydrogen-bond donors (Lipinski definition) is 1. The molecular weight excluding hydrogens is 274 g/mol. The zero-order chi connectivity index (χ0) is 14.3. The Morgan fingerprint density at radius 2 is 1.85 bits per heavy atom. The molecule has 108 valence electrons. The Morgan fingerprint density at radius 1 is 1.20 bits per heavy atom. The quantitative estimate of drug-likeness (QED) is 0.859. The third-order valence-electron chi connectivity index (χ3n) is 4.06. The molecule has 0 amide bonds. The summed E-state index contributed by atoms with van der Waals surface area (Å²) < 4.78 is 27.9. The summed E-state index contributed by atoms with van der Waals surface area (Å²) in [5.41, 5.74) is 3.90. The van der Waals surface area contributed by atoms with Gasteiger partial charge in [-0.05, 0) is 38.8 Å². The Kier molecular flexibility index (Phi) is 3.30. The lowest BCUT2D eigenvalue weighted by molar-refractivity contribution is 0.0743. The fraction of sp³-hybridized carbons (Fsp3) is 0.500. The molecule has 0 bridgehead atoms. The molecule has 1 aromatic rings. The fourth-order valence-corrected chi connectivity index (χ4v) is 4.12. The molecule has 20 heavy (non-hydrogen) atoms. The molecule has 2 unspecified atom stereocenters. The first-order valence-electron chi connectivity index (χ1n) is 6.98. The van der Waals surface area contributed by atoms with E-state index in [1.807, 2.05) is 6.07 Å². The van der Waals surface area contributed by atoms with E-state index in [2.05, 4.69) is 28.7 Å². The van der Waals surface area contributed by atoms with Crippen LogP contribution in [-0.2, 0) is 10.0 Å². The van der Waals surface area contributed by atoms with Crippen molar-refractivity contribution < 1.29 is 8.42 Å². The lowest BCUT2D eigenvalue weighted by Gasteiger charge is -2.39. The molecule has 0 saturated carbocycles. The molecule has 0 aromatic heterocycles. The van der Waals surface area contributed by atoms with Gasteiger partial charge in [0.1, 0.15) is 4.90 Å². The highest BCUT2D eigenvalue weighted by Crippen LogP contribution is 2.27. The van der Waals surface area contributed by atoms with Crippen LogP contribution in [-0.4, -0.2) is 31.3 Å². The van der Waals surface area contributed by atoms with Crippen LogP contribution in [0.25, 0.3) is 0 Å². The smallest absolute Gasteiger partial charge is 0.285 e. The normalized spacial score (nSPS) is 28.8. The number of fused-ring (bicyclic) bond motifs is 1. The minimum absolute atomic E-state index is 0.291. The minimum Gasteiger partial charge on any atom is -0.301 e. The number of rotatable bonds is 1. The first kappa shape index (κ1) is 13.6. The summed E-state index contributed by atoms with van der Waals surface area (Å²) in [5.74, 6) is 0.446. The highest BCUT2D eigenvalue weighted by molar-refractivity contribution is 7.90. The Bertz CT molecular complexity index is 644. The SMILES string of the molecule is CC1CCCC(C)N1NC1=NS(=O)(=O)c2ccccc21. The summed E-state index contributed by atoms with van der Waals surface area (Å²) in [6.07, 6.45) is 3.43. The molecule has 3 rings (SSSR count). The number of nitrogens with one attached hydrogen (secondary N) is 1. The van der Waals surface area contributed by atoms with Crippen molar-refractivity contribution in [3.05, 3.63) is 29.8 Å². The number of nitrogens with zero attached hydrogens (tertiary/aromatic N) is 2. The molecule has 6 heteroatoms. The number of piperidine rings is 1. The number of hydrogen-bond acceptors (Lipinski definition) is 4. The van der Waals surface area contributed by atoms with E-state index in [0.717, 1.165) is 12.8 Å². The van der Waals surface area contributed by atoms with Gasteiger partial charge in [-0.25, -0.2) is 5.01 Å². The maximum Gasteiger partial charge on any atom is 0.285 e. The number of benzene rings is 1. The van der Waals surface area contributed by atoms with Crippen LogP contribution in [0.15, 0.2) is 33.6 Å². The van der Waals surface area contributed by atoms with E-state index < -0.39 is 10.0 Å². The molecule has 5 nitrogen and oxygen atoms in total. The van der Waals surface area contributed by atoms with Crippen LogP contribution in [0.3, 0.4) is 0 Å². The maximum atomic E-state index is 12.0. The van der Waals surface area contributed by atoms with E-state index in [4.69, 9.17) is 0 Å². The molecule has 0 spiro atoms. The van der Waals surface area contributed by atoms with Crippen molar-refractivity contribution in [3.63, 3.8) is 0 Å². The third kappa shape index (κ3) is 2.23. The summed E-state index contributed by atoms with van der Waals surface area (Å²) >= 11 is 0. The second-order valence-electron chi connectivity index (χ2n) is 5.56. The van der Waals surface area contributed by atoms with Crippen LogP contribution in [0, 0.1) is 0 Å². The second kappa shape index (κ2) is 4.86. The lowest BCUT2D eigenvalue weighted by atomic mass is 10.00. The van der Waals surface area contributed by atoms with Crippen LogP contribution in [0.4, 0.5) is 0 Å². The van der Waals surface area contributed by atoms with Gasteiger partial charge in [0, 0.05) is 17.6 Å². The van der Waals surface area contributed by atoms with E-state index in [-0.39, 0.29) is 0 Å². The highest BCUT2D eigenvalue weighted by Gasteiger charge is 2.32. The average Bonchev–Trinajstić information content (AvgIpc) is 2.66. The van der Waals surface area contributed by atoms with Crippen molar-refractivity contribution >= 4 is 15.9 Å². The molecule has 1 fully saturated rings. The fourth-order valence-electron chi connectivity index (χ4n) is 2.95. The predicted molar refractivity (Wildman–Crippen MR) is 77.9 cm³/mol. The van der Waals surface area contributed by atoms with Gasteiger partial charge in [0.05, 0.1) is 0 Å². The second-order valence-corrected chi connectivity index (χ2v) is 7.13. The molecule has 2 atom stereocenters. The van der Waals surface area contributed by atoms with Gasteiger partial charge in [0.25, 0.3) is 10.0 Å². The van der Waals surface area contributed by atoms with Gasteiger partial charge >= 0.3 is 0 Å². The standard InChI is InChI=1S/C14H19N3O2S/c1-10-6-5-7-11(2)17(10)15-14-12-8-3-4-9-13(12)20(18,19)16-14/h3-4,8-11H,5-7H2,1-2H3,(H,15,16). The van der Waals surface area contributed by atoms with Crippen molar-refractivity contribution in [2.45, 2.75) is 50.1 Å². The van der Waals surface area contributed by atoms with Crippen LogP contribution < -0.4 is 5.43 Å². The van der Waals surface area contributed by atoms with Crippen LogP contribution in [0.1, 0.15) is 38.7 Å². The van der Waals surface area contributed by atoms with Crippen molar-refractivity contribution in [3.8, 4) is 0 Å². The minimum atomic E-state index is -3.54. The highest BCUT2D eigenvalue weighted by atomic mass is 32.2. The van der Waals surface area contributed by atoms with E-state index in [0.29, 0.717) is 28.4 Å². The summed E-state index contributed by atoms with van der Waals surface area (Å²) in [4.78, 5) is 0.291. The van der Waals surface area contributed by atoms with E-state index in [1.165, 1.54) is 6.42 Å². The summed E-state index contributed by atoms with van der Waals surface area (Å²) in [5, 5.41) is 2.12. The van der Waals surface area contributed by atoms with Gasteiger partial charge < -0.3 is 5.43 Å². The average molecular weight is 293 g/mol. The number of hydrazine groups is 1. The predicted octanol–water partition coefficient (Wildman–Crippen LogP) is 1.90. The van der Waals surface area contributed by atoms with Crippen LogP contribution in [0.2, 0.25) is 0 Å². The summed E-state index contributed by atoms with van der Waals surface area (Å²) in [6.45, 7) is 4.30. The van der Waals surface area contributed by atoms with Crippen molar-refractivity contribution in [2.24, 2.45) is 4.40 Å². The first-order valence-corrected chi connectivity index (χ1v) is 8.42. The molecule has 1 saturated heterocycles. The Labute approximate surface area is 119 Å². The summed E-state index contributed by atoms with van der Waals surface area (Å²) in [6, 6.07) is 7.70. The zero-order valence-corrected chi connectivity index (χ0v) is 12.5. The summed E-state index contributed by atoms with van der Waals surface area (Å²) in [7, 11) is -3.54. The van der Waals surface area contributed by atoms with E-state index in [9.17, 15) is 8.42 Å². The maximum absolute atomic E-state index is 12.0. The van der Waals surface area contributed by atoms with Gasteiger partial charge in [-0.2, -0.15) is 8.42 Å². The van der Waals surface area contributed by atoms with Crippen LogP contribution >= 0.6 is 0 Å². The molecule has 1 aromatic carbocycles. The van der Waals surface area contributed by atoms with E-state index >= 15 is 0 Å². The number of amidine groups is 1. The van der Waals surface area contributed by atoms with Gasteiger partial charge in [0.15, 0.2) is 5.84 Å². The largest absolute Gasteiger partial charge is 0.301 e. The lowest BCUT2D eigenvalue weighted by Crippen LogP contribution is -2.54. The van der Waals surface area contributed by atoms with Crippen molar-refractivity contribution in [1.82, 2.24) is 10.4 Å². The monoisotopic (exact) mass is 293 g/mol. The molecule has 0 radical (unpaired) electrons. The van der Waals surface area contributed by atoms with Crippen molar-refractivity contribution in [1.29, 1.82) is 0 Å². The number of sulfonamides is 1. The van der Waals surface area contributed by atoms with Gasteiger partial charge in [-0.15, -0.1) is 4.40 Å². The molecule has 0 aliphatic carbocycles. The zero-order valence-electron chi connectivity index (χ0n) is 11.7. The molecular formula is C14H19N3O2S. The Morgan fingerprint density at radius 3 is 2.55 bits per heavy atom. The first-order chi connectivity index (χ1) is 9.49. The van der Waals surface area contributed by atoms with Gasteiger partial charge in [-0.1, -0.05) is 18.6 Å². The van der Waals surface area contributed by atoms with Gasteiger partial charge in [0.2, 0.25) is 0 Å². The Hall–Kier alpha value is -1.40. The molecule has 1 N–H and O–H groups in total. The van der Waals surface area contributed by atoms with Crippen molar-refractivity contribution in [2.75, 3.05) is 0 Å². The molecule has 2 aliphatic heterocycles. The third-order valence-corrected chi connectivity index (χ3v) is 5.39. The van der Waals surface area contributed by atoms with Crippen LogP contribution in [0.5, 0.6) is 0 Å². The Balaban J connectivity index is 1.92. The molecule has 2 heterocycles. The molecule has 2 aliphatic rings. The van der Waals surface area contributed by atoms with E-state index in [1.54, 1.807) is 18.2 Å².